The van der Waals surface area contributed by atoms with Crippen LogP contribution >= 0.6 is 0 Å². The smallest absolute Gasteiger partial charge is 0.308 e. The predicted molar refractivity (Wildman–Crippen MR) is 84.7 cm³/mol. The molecule has 4 rings (SSSR count). The number of carboxylic acids is 1. The number of carbonyl (C=O) groups excluding carboxylic acids is 1. The van der Waals surface area contributed by atoms with E-state index in [4.69, 9.17) is 0 Å². The van der Waals surface area contributed by atoms with E-state index in [2.05, 4.69) is 4.98 Å². The van der Waals surface area contributed by atoms with Crippen molar-refractivity contribution in [3.63, 3.8) is 0 Å². The molecule has 2 aromatic rings. The van der Waals surface area contributed by atoms with Gasteiger partial charge in [0.2, 0.25) is 0 Å². The summed E-state index contributed by atoms with van der Waals surface area (Å²) in [6.07, 6.45) is 4.91. The highest BCUT2D eigenvalue weighted by atomic mass is 16.4. The van der Waals surface area contributed by atoms with Gasteiger partial charge in [-0.1, -0.05) is 6.07 Å². The van der Waals surface area contributed by atoms with Gasteiger partial charge in [0.15, 0.2) is 0 Å². The lowest BCUT2D eigenvalue weighted by Crippen LogP contribution is -2.35. The monoisotopic (exact) mass is 327 g/mol. The van der Waals surface area contributed by atoms with Crippen molar-refractivity contribution < 1.29 is 14.7 Å². The Kier molecular flexibility index (Phi) is 3.37. The van der Waals surface area contributed by atoms with E-state index in [1.807, 2.05) is 0 Å². The molecule has 2 aliphatic rings. The lowest BCUT2D eigenvalue weighted by Gasteiger charge is -2.16. The number of likely N-dealkylation sites (tertiary alicyclic amines) is 1. The van der Waals surface area contributed by atoms with E-state index in [1.165, 1.54) is 15.5 Å². The third-order valence-electron chi connectivity index (χ3n) is 5.04. The van der Waals surface area contributed by atoms with Crippen molar-refractivity contribution in [1.29, 1.82) is 0 Å². The van der Waals surface area contributed by atoms with Crippen molar-refractivity contribution in [2.24, 2.45) is 17.8 Å². The minimum atomic E-state index is -0.865. The molecule has 1 N–H and O–H groups in total. The minimum absolute atomic E-state index is 0.0115. The molecular weight excluding hydrogens is 310 g/mol. The molecule has 24 heavy (non-hydrogen) atoms. The molecule has 1 saturated carbocycles. The van der Waals surface area contributed by atoms with Gasteiger partial charge in [-0.2, -0.15) is 0 Å². The maximum Gasteiger partial charge on any atom is 0.308 e. The highest BCUT2D eigenvalue weighted by molar-refractivity contribution is 5.94. The Hall–Kier alpha value is -2.70. The quantitative estimate of drug-likeness (QED) is 0.903. The zero-order chi connectivity index (χ0) is 16.8. The van der Waals surface area contributed by atoms with Gasteiger partial charge in [-0.15, -0.1) is 0 Å². The maximum absolute atomic E-state index is 12.7. The van der Waals surface area contributed by atoms with E-state index in [0.717, 1.165) is 12.8 Å². The first-order valence-corrected chi connectivity index (χ1v) is 8.04. The van der Waals surface area contributed by atoms with Crippen LogP contribution in [0.2, 0.25) is 0 Å². The van der Waals surface area contributed by atoms with Crippen LogP contribution in [0.5, 0.6) is 0 Å². The first-order valence-electron chi connectivity index (χ1n) is 8.04. The molecule has 7 nitrogen and oxygen atoms in total. The Morgan fingerprint density at radius 1 is 1.21 bits per heavy atom. The van der Waals surface area contributed by atoms with Crippen molar-refractivity contribution >= 4 is 17.5 Å². The molecule has 1 aliphatic heterocycles. The van der Waals surface area contributed by atoms with Crippen molar-refractivity contribution in [2.45, 2.75) is 12.8 Å². The summed E-state index contributed by atoms with van der Waals surface area (Å²) in [5, 5.41) is 9.41. The van der Waals surface area contributed by atoms with Gasteiger partial charge >= 0.3 is 5.97 Å². The summed E-state index contributed by atoms with van der Waals surface area (Å²) in [6, 6.07) is 5.15. The lowest BCUT2D eigenvalue weighted by atomic mass is 9.92. The molecule has 2 aromatic heterocycles. The number of hydrogen-bond donors (Lipinski definition) is 1. The highest BCUT2D eigenvalue weighted by Crippen LogP contribution is 2.44. The van der Waals surface area contributed by atoms with Gasteiger partial charge < -0.3 is 10.0 Å². The summed E-state index contributed by atoms with van der Waals surface area (Å²) < 4.78 is 1.33. The number of hydrogen-bond acceptors (Lipinski definition) is 4. The molecule has 0 radical (unpaired) electrons. The first-order chi connectivity index (χ1) is 11.6. The summed E-state index contributed by atoms with van der Waals surface area (Å²) >= 11 is 0. The third kappa shape index (κ3) is 2.36. The van der Waals surface area contributed by atoms with Crippen LogP contribution in [0.4, 0.5) is 0 Å². The SMILES string of the molecule is O=C(O)[C@H]1CN(C(=O)c2cnc3ccccn3c2=O)C[C@@H]1C1CC1. The highest BCUT2D eigenvalue weighted by Gasteiger charge is 2.47. The Morgan fingerprint density at radius 3 is 2.71 bits per heavy atom. The fourth-order valence-electron chi connectivity index (χ4n) is 3.60. The molecule has 1 aliphatic carbocycles. The summed E-state index contributed by atoms with van der Waals surface area (Å²) in [4.78, 5) is 42.4. The van der Waals surface area contributed by atoms with Gasteiger partial charge in [0.1, 0.15) is 11.2 Å². The Morgan fingerprint density at radius 2 is 2.00 bits per heavy atom. The first kappa shape index (κ1) is 14.9. The Bertz CT molecular complexity index is 887. The zero-order valence-corrected chi connectivity index (χ0v) is 13.0. The van der Waals surface area contributed by atoms with Crippen LogP contribution in [-0.4, -0.2) is 44.4 Å². The van der Waals surface area contributed by atoms with E-state index in [-0.39, 0.29) is 18.0 Å². The van der Waals surface area contributed by atoms with E-state index in [1.54, 1.807) is 24.4 Å². The van der Waals surface area contributed by atoms with Crippen LogP contribution in [0.25, 0.3) is 5.65 Å². The second-order valence-corrected chi connectivity index (χ2v) is 6.56. The summed E-state index contributed by atoms with van der Waals surface area (Å²) in [5.41, 5.74) is 0.0337. The number of amides is 1. The van der Waals surface area contributed by atoms with Gasteiger partial charge in [-0.05, 0) is 36.8 Å². The van der Waals surface area contributed by atoms with Crippen molar-refractivity contribution in [3.8, 4) is 0 Å². The fraction of sp³-hybridized carbons (Fsp3) is 0.412. The summed E-state index contributed by atoms with van der Waals surface area (Å²) in [7, 11) is 0. The molecule has 2 atom stereocenters. The number of nitrogens with zero attached hydrogens (tertiary/aromatic N) is 3. The molecule has 0 bridgehead atoms. The maximum atomic E-state index is 12.7. The minimum Gasteiger partial charge on any atom is -0.481 e. The number of aliphatic carboxylic acids is 1. The second kappa shape index (κ2) is 5.43. The molecule has 2 fully saturated rings. The van der Waals surface area contributed by atoms with Crippen molar-refractivity contribution in [1.82, 2.24) is 14.3 Å². The van der Waals surface area contributed by atoms with Crippen LogP contribution in [0.15, 0.2) is 35.4 Å². The molecule has 3 heterocycles. The van der Waals surface area contributed by atoms with Gasteiger partial charge in [0.25, 0.3) is 11.5 Å². The van der Waals surface area contributed by atoms with E-state index in [0.29, 0.717) is 18.1 Å². The molecule has 0 unspecified atom stereocenters. The van der Waals surface area contributed by atoms with Gasteiger partial charge in [0.05, 0.1) is 5.92 Å². The average Bonchev–Trinajstić information content (AvgIpc) is 3.33. The van der Waals surface area contributed by atoms with Crippen LogP contribution in [0.3, 0.4) is 0 Å². The van der Waals surface area contributed by atoms with E-state index < -0.39 is 23.4 Å². The second-order valence-electron chi connectivity index (χ2n) is 6.56. The van der Waals surface area contributed by atoms with Crippen LogP contribution in [-0.2, 0) is 4.79 Å². The Balaban J connectivity index is 1.66. The molecule has 124 valence electrons. The van der Waals surface area contributed by atoms with Gasteiger partial charge in [0, 0.05) is 25.5 Å². The van der Waals surface area contributed by atoms with E-state index in [9.17, 15) is 19.5 Å². The molecule has 0 aromatic carbocycles. The summed E-state index contributed by atoms with van der Waals surface area (Å²) in [6.45, 7) is 0.559. The molecule has 0 spiro atoms. The number of carboxylic acid groups (broad SMARTS) is 1. The third-order valence-corrected chi connectivity index (χ3v) is 5.04. The predicted octanol–water partition coefficient (Wildman–Crippen LogP) is 0.877. The number of carbonyl (C=O) groups is 2. The van der Waals surface area contributed by atoms with Crippen molar-refractivity contribution in [2.75, 3.05) is 13.1 Å². The largest absolute Gasteiger partial charge is 0.481 e. The standard InChI is InChI=1S/C17H17N3O4/c21-15(11-7-18-14-3-1-2-6-20(14)16(11)22)19-8-12(10-4-5-10)13(9-19)17(23)24/h1-3,6-7,10,12-13H,4-5,8-9H2,(H,23,24)/t12-,13+/m1/s1. The number of pyridine rings is 1. The molecule has 1 amide bonds. The molecule has 7 heteroatoms. The zero-order valence-electron chi connectivity index (χ0n) is 13.0. The van der Waals surface area contributed by atoms with Gasteiger partial charge in [-0.3, -0.25) is 18.8 Å². The summed E-state index contributed by atoms with van der Waals surface area (Å²) in [5.74, 6) is -1.46. The van der Waals surface area contributed by atoms with Crippen molar-refractivity contribution in [3.05, 3.63) is 46.5 Å². The van der Waals surface area contributed by atoms with E-state index >= 15 is 0 Å². The lowest BCUT2D eigenvalue weighted by molar-refractivity contribution is -0.142. The van der Waals surface area contributed by atoms with Crippen LogP contribution in [0, 0.1) is 17.8 Å². The molecule has 1 saturated heterocycles. The number of aromatic nitrogens is 2. The van der Waals surface area contributed by atoms with Crippen LogP contribution in [0.1, 0.15) is 23.2 Å². The number of fused-ring (bicyclic) bond motifs is 1. The number of rotatable bonds is 3. The molecular formula is C17H17N3O4. The Labute approximate surface area is 137 Å². The topological polar surface area (TPSA) is 92.0 Å². The fourth-order valence-corrected chi connectivity index (χ4v) is 3.60. The average molecular weight is 327 g/mol. The normalized spacial score (nSPS) is 23.6. The van der Waals surface area contributed by atoms with Crippen LogP contribution < -0.4 is 5.56 Å². The van der Waals surface area contributed by atoms with Gasteiger partial charge in [-0.25, -0.2) is 4.98 Å².